The molecular weight excluding hydrogens is 585 g/mol. The Balaban J connectivity index is 1.27. The highest BCUT2D eigenvalue weighted by molar-refractivity contribution is 6.11. The summed E-state index contributed by atoms with van der Waals surface area (Å²) in [7, 11) is 0. The van der Waals surface area contributed by atoms with E-state index >= 15 is 0 Å². The van der Waals surface area contributed by atoms with Crippen LogP contribution in [-0.4, -0.2) is 4.57 Å². The highest BCUT2D eigenvalue weighted by atomic mass is 16.3. The lowest BCUT2D eigenvalue weighted by Crippen LogP contribution is -2.20. The molecule has 0 spiro atoms. The Morgan fingerprint density at radius 3 is 2.23 bits per heavy atom. The molecule has 1 aliphatic carbocycles. The van der Waals surface area contributed by atoms with Crippen LogP contribution in [0.5, 0.6) is 0 Å². The summed E-state index contributed by atoms with van der Waals surface area (Å²) < 4.78 is 8.60. The summed E-state index contributed by atoms with van der Waals surface area (Å²) in [5, 5.41) is 4.42. The molecule has 10 rings (SSSR count). The van der Waals surface area contributed by atoms with Gasteiger partial charge in [-0.05, 0) is 95.1 Å². The second-order valence-corrected chi connectivity index (χ2v) is 13.2. The van der Waals surface area contributed by atoms with Crippen LogP contribution in [0.25, 0.3) is 60.6 Å². The molecule has 2 aromatic heterocycles. The van der Waals surface area contributed by atoms with Crippen molar-refractivity contribution in [2.45, 2.75) is 19.3 Å². The third-order valence-corrected chi connectivity index (χ3v) is 10.2. The number of aromatic nitrogens is 1. The number of anilines is 3. The second-order valence-electron chi connectivity index (χ2n) is 13.2. The first-order chi connectivity index (χ1) is 23.6. The van der Waals surface area contributed by atoms with E-state index in [1.165, 1.54) is 27.9 Å². The van der Waals surface area contributed by atoms with Crippen LogP contribution in [0.1, 0.15) is 25.0 Å². The molecule has 0 unspecified atom stereocenters. The van der Waals surface area contributed by atoms with Crippen LogP contribution in [0.3, 0.4) is 0 Å². The Bertz CT molecular complexity index is 2710. The molecule has 9 aromatic rings. The Labute approximate surface area is 278 Å². The number of nitrogens with zero attached hydrogens (tertiary/aromatic N) is 2. The Morgan fingerprint density at radius 2 is 1.33 bits per heavy atom. The van der Waals surface area contributed by atoms with Gasteiger partial charge in [0.15, 0.2) is 0 Å². The zero-order valence-corrected chi connectivity index (χ0v) is 26.7. The SMILES string of the molecule is CC1(C)c2ccccc2-c2cccc(N(c3ccc4oc5ccccc5c4c3)c3ccc4c(c3)c3c#cccc3n4-c3ccccc3)c21. The minimum atomic E-state index is -0.191. The monoisotopic (exact) mass is 614 g/mol. The largest absolute Gasteiger partial charge is 0.456 e. The number of hydrogen-bond donors (Lipinski definition) is 0. The highest BCUT2D eigenvalue weighted by Crippen LogP contribution is 2.54. The first-order valence-electron chi connectivity index (χ1n) is 16.4. The predicted octanol–water partition coefficient (Wildman–Crippen LogP) is 12.1. The lowest BCUT2D eigenvalue weighted by atomic mass is 9.81. The molecule has 7 aromatic carbocycles. The van der Waals surface area contributed by atoms with Crippen molar-refractivity contribution in [3.63, 3.8) is 0 Å². The van der Waals surface area contributed by atoms with E-state index in [2.05, 4.69) is 163 Å². The summed E-state index contributed by atoms with van der Waals surface area (Å²) in [6, 6.07) is 58.7. The van der Waals surface area contributed by atoms with Gasteiger partial charge in [0.05, 0.1) is 22.1 Å². The number of hydrogen-bond acceptors (Lipinski definition) is 2. The summed E-state index contributed by atoms with van der Waals surface area (Å²) >= 11 is 0. The fourth-order valence-corrected chi connectivity index (χ4v) is 8.10. The van der Waals surface area contributed by atoms with Gasteiger partial charge >= 0.3 is 0 Å². The average molecular weight is 615 g/mol. The summed E-state index contributed by atoms with van der Waals surface area (Å²) in [6.45, 7) is 4.71. The fourth-order valence-electron chi connectivity index (χ4n) is 8.10. The maximum absolute atomic E-state index is 6.27. The average Bonchev–Trinajstić information content (AvgIpc) is 3.75. The van der Waals surface area contributed by atoms with Crippen molar-refractivity contribution in [3.8, 4) is 16.8 Å². The summed E-state index contributed by atoms with van der Waals surface area (Å²) in [4.78, 5) is 2.44. The molecule has 0 radical (unpaired) electrons. The first-order valence-corrected chi connectivity index (χ1v) is 16.4. The van der Waals surface area contributed by atoms with Gasteiger partial charge in [0, 0.05) is 38.6 Å². The molecule has 0 fully saturated rings. The zero-order chi connectivity index (χ0) is 32.0. The highest BCUT2D eigenvalue weighted by Gasteiger charge is 2.38. The van der Waals surface area contributed by atoms with E-state index in [0.29, 0.717) is 0 Å². The molecule has 0 bridgehead atoms. The number of benzene rings is 6. The van der Waals surface area contributed by atoms with Gasteiger partial charge < -0.3 is 13.9 Å². The Morgan fingerprint density at radius 1 is 0.604 bits per heavy atom. The van der Waals surface area contributed by atoms with Crippen LogP contribution in [0.15, 0.2) is 150 Å². The van der Waals surface area contributed by atoms with Crippen molar-refractivity contribution in [1.29, 1.82) is 0 Å². The molecule has 0 atom stereocenters. The molecule has 3 nitrogen and oxygen atoms in total. The molecule has 0 amide bonds. The number of para-hydroxylation sites is 2. The maximum Gasteiger partial charge on any atom is 0.135 e. The van der Waals surface area contributed by atoms with E-state index < -0.39 is 0 Å². The normalized spacial score (nSPS) is 13.2. The molecule has 1 aliphatic rings. The molecule has 0 N–H and O–H groups in total. The molecule has 0 saturated heterocycles. The Hall–Kier alpha value is -6.24. The summed E-state index contributed by atoms with van der Waals surface area (Å²) in [5.41, 5.74) is 13.6. The van der Waals surface area contributed by atoms with Crippen LogP contribution < -0.4 is 4.90 Å². The van der Waals surface area contributed by atoms with Gasteiger partial charge in [0.1, 0.15) is 11.2 Å². The third-order valence-electron chi connectivity index (χ3n) is 10.2. The van der Waals surface area contributed by atoms with E-state index in [0.717, 1.165) is 60.8 Å². The van der Waals surface area contributed by atoms with Crippen LogP contribution in [0, 0.1) is 12.1 Å². The zero-order valence-electron chi connectivity index (χ0n) is 26.7. The van der Waals surface area contributed by atoms with Crippen molar-refractivity contribution < 1.29 is 4.42 Å². The predicted molar refractivity (Wildman–Crippen MR) is 198 cm³/mol. The van der Waals surface area contributed by atoms with E-state index in [1.54, 1.807) is 0 Å². The number of fused-ring (bicyclic) bond motifs is 9. The van der Waals surface area contributed by atoms with Crippen LogP contribution >= 0.6 is 0 Å². The standard InChI is InChI=1S/C45H30N2O/c1-45(2)38-19-9-6-15-32(38)35-18-12-21-41(44(35)45)46(31-24-26-43-37(28-31)34-17-8-11-22-42(34)48-43)30-23-25-40-36(27-30)33-16-7-10-20-39(33)47(40)29-13-4-3-5-14-29/h3-6,8-15,17-28H,1-2H3. The van der Waals surface area contributed by atoms with Gasteiger partial charge in [-0.1, -0.05) is 98.8 Å². The first kappa shape index (κ1) is 26.9. The van der Waals surface area contributed by atoms with Crippen molar-refractivity contribution in [1.82, 2.24) is 4.57 Å². The van der Waals surface area contributed by atoms with Crippen LogP contribution in [0.4, 0.5) is 17.1 Å². The van der Waals surface area contributed by atoms with Gasteiger partial charge in [-0.25, -0.2) is 0 Å². The fraction of sp³-hybridized carbons (Fsp3) is 0.0667. The topological polar surface area (TPSA) is 21.3 Å². The third kappa shape index (κ3) is 3.72. The molecule has 0 saturated carbocycles. The lowest BCUT2D eigenvalue weighted by molar-refractivity contribution is 0.660. The van der Waals surface area contributed by atoms with Crippen molar-refractivity contribution in [2.75, 3.05) is 4.90 Å². The van der Waals surface area contributed by atoms with Gasteiger partial charge in [0.25, 0.3) is 0 Å². The quantitative estimate of drug-likeness (QED) is 0.197. The van der Waals surface area contributed by atoms with Gasteiger partial charge in [-0.15, -0.1) is 0 Å². The molecule has 48 heavy (non-hydrogen) atoms. The van der Waals surface area contributed by atoms with Crippen LogP contribution in [0.2, 0.25) is 0 Å². The maximum atomic E-state index is 6.27. The van der Waals surface area contributed by atoms with E-state index in [9.17, 15) is 0 Å². The summed E-state index contributed by atoms with van der Waals surface area (Å²) in [6.07, 6.45) is 0. The van der Waals surface area contributed by atoms with Crippen molar-refractivity contribution >= 4 is 60.8 Å². The van der Waals surface area contributed by atoms with E-state index in [1.807, 2.05) is 18.2 Å². The van der Waals surface area contributed by atoms with Gasteiger partial charge in [-0.2, -0.15) is 0 Å². The van der Waals surface area contributed by atoms with Crippen molar-refractivity contribution in [2.24, 2.45) is 0 Å². The minimum Gasteiger partial charge on any atom is -0.456 e. The summed E-state index contributed by atoms with van der Waals surface area (Å²) in [5.74, 6) is 0. The molecule has 226 valence electrons. The molecule has 0 aliphatic heterocycles. The molecule has 2 heterocycles. The number of rotatable bonds is 4. The number of furan rings is 1. The minimum absolute atomic E-state index is 0.191. The van der Waals surface area contributed by atoms with Gasteiger partial charge in [-0.3, -0.25) is 0 Å². The van der Waals surface area contributed by atoms with E-state index in [-0.39, 0.29) is 5.41 Å². The van der Waals surface area contributed by atoms with Crippen LogP contribution in [-0.2, 0) is 5.41 Å². The smallest absolute Gasteiger partial charge is 0.135 e. The lowest BCUT2D eigenvalue weighted by Gasteiger charge is -2.32. The molecular formula is C45H30N2O. The van der Waals surface area contributed by atoms with Crippen molar-refractivity contribution in [3.05, 3.63) is 169 Å². The second kappa shape index (κ2) is 9.88. The molecule has 3 heteroatoms. The Kier molecular flexibility index (Phi) is 5.54. The van der Waals surface area contributed by atoms with Gasteiger partial charge in [0.2, 0.25) is 0 Å². The van der Waals surface area contributed by atoms with E-state index in [4.69, 9.17) is 4.42 Å².